The predicted molar refractivity (Wildman–Crippen MR) is 114 cm³/mol. The van der Waals surface area contributed by atoms with Crippen LogP contribution in [0.2, 0.25) is 0 Å². The van der Waals surface area contributed by atoms with Gasteiger partial charge in [-0.1, -0.05) is 75.4 Å². The Bertz CT molecular complexity index is 715. The van der Waals surface area contributed by atoms with Crippen molar-refractivity contribution < 1.29 is 16.9 Å². The van der Waals surface area contributed by atoms with E-state index in [-0.39, 0.29) is 0 Å². The van der Waals surface area contributed by atoms with Gasteiger partial charge in [-0.05, 0) is 64.3 Å². The van der Waals surface area contributed by atoms with Crippen LogP contribution in [0.1, 0.15) is 51.0 Å². The fourth-order valence-corrected chi connectivity index (χ4v) is 3.10. The number of benzene rings is 2. The second kappa shape index (κ2) is 10.1. The van der Waals surface area contributed by atoms with E-state index in [1.807, 2.05) is 0 Å². The Morgan fingerprint density at radius 2 is 1.21 bits per heavy atom. The van der Waals surface area contributed by atoms with Crippen molar-refractivity contribution in [2.75, 3.05) is 0 Å². The molecule has 2 rings (SSSR count). The zero-order chi connectivity index (χ0) is 21.3. The molecule has 28 heavy (non-hydrogen) atoms. The van der Waals surface area contributed by atoms with Gasteiger partial charge in [0.15, 0.2) is 0 Å². The van der Waals surface area contributed by atoms with Crippen LogP contribution in [0.15, 0.2) is 48.5 Å². The average Bonchev–Trinajstić information content (AvgIpc) is 2.56. The second-order valence-electron chi connectivity index (χ2n) is 6.64. The third kappa shape index (κ3) is 14.5. The molecule has 2 aromatic carbocycles. The third-order valence-electron chi connectivity index (χ3n) is 3.97. The van der Waals surface area contributed by atoms with Crippen LogP contribution in [0.5, 0.6) is 0 Å². The topological polar surface area (TPSA) is 0 Å². The zero-order valence-electron chi connectivity index (χ0n) is 15.7. The SMILES string of the molecule is CCCCCCCCc1ccccc1-c1ccc(I)cc1.[F][Sb-]([F])([F])([F])([F])[F]. The monoisotopic (exact) mass is 627 g/mol. The number of aryl methyl sites for hydroxylation is 1. The van der Waals surface area contributed by atoms with E-state index in [1.165, 1.54) is 65.2 Å². The van der Waals surface area contributed by atoms with Gasteiger partial charge in [-0.2, -0.15) is 0 Å². The molecule has 0 bridgehead atoms. The number of unbranched alkanes of at least 4 members (excludes halogenated alkanes) is 5. The van der Waals surface area contributed by atoms with E-state index in [4.69, 9.17) is 0 Å². The van der Waals surface area contributed by atoms with E-state index >= 15 is 0 Å². The molecule has 0 heterocycles. The maximum absolute atomic E-state index is 11.2. The summed E-state index contributed by atoms with van der Waals surface area (Å²) >= 11 is -8.89. The summed E-state index contributed by atoms with van der Waals surface area (Å²) in [5.41, 5.74) is 4.24. The normalized spacial score (nSPS) is 13.9. The molecular weight excluding hydrogens is 603 g/mol. The minimum absolute atomic E-state index is 1.20. The molecule has 160 valence electrons. The molecule has 0 fully saturated rings. The van der Waals surface area contributed by atoms with Crippen molar-refractivity contribution >= 4 is 42.1 Å². The molecule has 0 aliphatic carbocycles. The first-order valence-electron chi connectivity index (χ1n) is 9.16. The van der Waals surface area contributed by atoms with E-state index in [2.05, 4.69) is 78.0 Å². The molecule has 0 nitrogen and oxygen atoms in total. The summed E-state index contributed by atoms with van der Waals surface area (Å²) in [6.45, 7) is 2.28. The molecule has 0 saturated heterocycles. The third-order valence-corrected chi connectivity index (χ3v) is 4.69. The van der Waals surface area contributed by atoms with E-state index in [0.29, 0.717) is 0 Å². The van der Waals surface area contributed by atoms with Crippen molar-refractivity contribution in [3.63, 3.8) is 0 Å². The fourth-order valence-electron chi connectivity index (χ4n) is 2.75. The summed E-state index contributed by atoms with van der Waals surface area (Å²) in [7, 11) is 0. The van der Waals surface area contributed by atoms with Crippen LogP contribution in [0.3, 0.4) is 0 Å². The molecule has 2 aromatic rings. The van der Waals surface area contributed by atoms with Gasteiger partial charge in [0.2, 0.25) is 0 Å². The molecular formula is C20H25F6ISb-. The maximum atomic E-state index is 9.93. The first-order chi connectivity index (χ1) is 12.8. The summed E-state index contributed by atoms with van der Waals surface area (Å²) in [6, 6.07) is 17.7. The first-order valence-corrected chi connectivity index (χ1v) is 16.0. The van der Waals surface area contributed by atoms with Crippen LogP contribution in [0, 0.1) is 3.57 Å². The van der Waals surface area contributed by atoms with Gasteiger partial charge in [0, 0.05) is 3.57 Å². The molecule has 0 atom stereocenters. The van der Waals surface area contributed by atoms with Crippen LogP contribution in [-0.4, -0.2) is 19.5 Å². The zero-order valence-corrected chi connectivity index (χ0v) is 20.4. The summed E-state index contributed by atoms with van der Waals surface area (Å²) in [6.07, 6.45) is 9.38. The van der Waals surface area contributed by atoms with Crippen LogP contribution in [0.4, 0.5) is 16.9 Å². The number of hydrogen-bond donors (Lipinski definition) is 0. The summed E-state index contributed by atoms with van der Waals surface area (Å²) in [5.74, 6) is 0. The summed E-state index contributed by atoms with van der Waals surface area (Å²) in [4.78, 5) is 0. The molecule has 0 aliphatic heterocycles. The Hall–Kier alpha value is -0.432. The van der Waals surface area contributed by atoms with Gasteiger partial charge in [0.1, 0.15) is 0 Å². The standard InChI is InChI=1S/C20H25I.6FH.Sb/c1-2-3-4-5-6-7-10-17-11-8-9-12-20(17)18-13-15-19(21)16-14-18;;;;;;;/h8-9,11-16H,2-7,10H2,1H3;6*1H;/q;;;;;;;+5/p-6. The first kappa shape index (κ1) is 25.6. The quantitative estimate of drug-likeness (QED) is 0.119. The Kier molecular flexibility index (Phi) is 9.19. The molecule has 0 unspecified atom stereocenters. The molecule has 0 saturated carbocycles. The molecule has 0 spiro atoms. The Morgan fingerprint density at radius 3 is 1.79 bits per heavy atom. The number of halogens is 7. The predicted octanol–water partition coefficient (Wildman–Crippen LogP) is 9.00. The Labute approximate surface area is 178 Å². The molecule has 0 amide bonds. The molecule has 0 aliphatic rings. The minimum atomic E-state index is -11.2. The Morgan fingerprint density at radius 1 is 0.714 bits per heavy atom. The molecule has 0 aromatic heterocycles. The van der Waals surface area contributed by atoms with E-state index in [1.54, 1.807) is 0 Å². The van der Waals surface area contributed by atoms with Crippen molar-refractivity contribution in [1.82, 2.24) is 0 Å². The van der Waals surface area contributed by atoms with E-state index in [0.717, 1.165) is 0 Å². The molecule has 0 radical (unpaired) electrons. The Balaban J connectivity index is 0.000000480. The van der Waals surface area contributed by atoms with Crippen molar-refractivity contribution in [1.29, 1.82) is 0 Å². The number of rotatable bonds is 8. The second-order valence-corrected chi connectivity index (χ2v) is 13.4. The summed E-state index contributed by atoms with van der Waals surface area (Å²) < 4.78 is 60.8. The number of hydrogen-bond acceptors (Lipinski definition) is 0. The van der Waals surface area contributed by atoms with Crippen molar-refractivity contribution in [2.24, 2.45) is 0 Å². The van der Waals surface area contributed by atoms with Gasteiger partial charge in [-0.25, -0.2) is 0 Å². The van der Waals surface area contributed by atoms with Crippen molar-refractivity contribution in [3.8, 4) is 11.1 Å². The van der Waals surface area contributed by atoms with Crippen LogP contribution in [0.25, 0.3) is 11.1 Å². The van der Waals surface area contributed by atoms with Gasteiger partial charge in [0.05, 0.1) is 0 Å². The van der Waals surface area contributed by atoms with Crippen molar-refractivity contribution in [2.45, 2.75) is 51.9 Å². The van der Waals surface area contributed by atoms with Crippen LogP contribution >= 0.6 is 22.6 Å². The molecule has 8 heteroatoms. The summed E-state index contributed by atoms with van der Waals surface area (Å²) in [5, 5.41) is 0. The van der Waals surface area contributed by atoms with Gasteiger partial charge >= 0.3 is 36.4 Å². The fraction of sp³-hybridized carbons (Fsp3) is 0.400. The van der Waals surface area contributed by atoms with Gasteiger partial charge in [-0.15, -0.1) is 0 Å². The van der Waals surface area contributed by atoms with Gasteiger partial charge in [-0.3, -0.25) is 0 Å². The van der Waals surface area contributed by atoms with Gasteiger partial charge < -0.3 is 0 Å². The van der Waals surface area contributed by atoms with Crippen LogP contribution in [-0.2, 0) is 6.42 Å². The van der Waals surface area contributed by atoms with Gasteiger partial charge in [0.25, 0.3) is 0 Å². The van der Waals surface area contributed by atoms with Crippen LogP contribution < -0.4 is 0 Å². The molecule has 0 N–H and O–H groups in total. The average molecular weight is 628 g/mol. The van der Waals surface area contributed by atoms with Crippen molar-refractivity contribution in [3.05, 3.63) is 57.7 Å². The van der Waals surface area contributed by atoms with E-state index < -0.39 is 19.5 Å². The van der Waals surface area contributed by atoms with E-state index in [9.17, 15) is 16.9 Å².